The molecule has 0 aromatic carbocycles. The van der Waals surface area contributed by atoms with Gasteiger partial charge in [-0.1, -0.05) is 6.92 Å². The molecule has 0 bridgehead atoms. The number of hydrogen-bond donors (Lipinski definition) is 2. The first-order valence-electron chi connectivity index (χ1n) is 5.76. The monoisotopic (exact) mass is 270 g/mol. The van der Waals surface area contributed by atoms with Gasteiger partial charge in [-0.3, -0.25) is 4.79 Å². The molecule has 0 aliphatic heterocycles. The maximum Gasteiger partial charge on any atom is 0.506 e. The van der Waals surface area contributed by atoms with Crippen molar-refractivity contribution < 1.29 is 19.4 Å². The van der Waals surface area contributed by atoms with E-state index in [-0.39, 0.29) is 12.0 Å². The number of rotatable bonds is 3. The number of carboxylic acid groups (broad SMARTS) is 1. The molecule has 1 aliphatic rings. The van der Waals surface area contributed by atoms with E-state index < -0.39 is 6.16 Å². The standard InChI is InChI=1S/C11H14N2O4S/c1-2-9(14)13-10-12-7-4-3-6(17-11(15)16)5-8(7)18-10/h6H,2-5H2,1H3,(H,15,16)(H,12,13,14)/t6-/m0/s1. The second-order valence-electron chi connectivity index (χ2n) is 4.04. The lowest BCUT2D eigenvalue weighted by atomic mass is 10.0. The van der Waals surface area contributed by atoms with Crippen LogP contribution in [0.3, 0.4) is 0 Å². The average Bonchev–Trinajstić information content (AvgIpc) is 2.69. The quantitative estimate of drug-likeness (QED) is 0.820. The Labute approximate surface area is 108 Å². The van der Waals surface area contributed by atoms with E-state index in [4.69, 9.17) is 9.84 Å². The minimum atomic E-state index is -1.24. The van der Waals surface area contributed by atoms with Crippen LogP contribution in [0.15, 0.2) is 0 Å². The molecule has 0 unspecified atom stereocenters. The summed E-state index contributed by atoms with van der Waals surface area (Å²) in [6.07, 6.45) is 0.740. The van der Waals surface area contributed by atoms with Crippen molar-refractivity contribution in [3.63, 3.8) is 0 Å². The fraction of sp³-hybridized carbons (Fsp3) is 0.545. The van der Waals surface area contributed by atoms with Crippen molar-refractivity contribution in [2.45, 2.75) is 38.7 Å². The highest BCUT2D eigenvalue weighted by Gasteiger charge is 2.25. The predicted octanol–water partition coefficient (Wildman–Crippen LogP) is 2.04. The Bertz CT molecular complexity index is 472. The summed E-state index contributed by atoms with van der Waals surface area (Å²) in [6, 6.07) is 0. The maximum absolute atomic E-state index is 11.3. The van der Waals surface area contributed by atoms with E-state index in [0.29, 0.717) is 30.8 Å². The third-order valence-electron chi connectivity index (χ3n) is 2.73. The van der Waals surface area contributed by atoms with Gasteiger partial charge in [-0.25, -0.2) is 9.78 Å². The highest BCUT2D eigenvalue weighted by Crippen LogP contribution is 2.30. The summed E-state index contributed by atoms with van der Waals surface area (Å²) in [5, 5.41) is 11.9. The van der Waals surface area contributed by atoms with Crippen LogP contribution in [0.25, 0.3) is 0 Å². The van der Waals surface area contributed by atoms with E-state index in [1.54, 1.807) is 6.92 Å². The topological polar surface area (TPSA) is 88.5 Å². The minimum Gasteiger partial charge on any atom is -0.450 e. The molecule has 1 aromatic heterocycles. The molecule has 7 heteroatoms. The molecular formula is C11H14N2O4S. The van der Waals surface area contributed by atoms with Crippen LogP contribution in [0.2, 0.25) is 0 Å². The number of aryl methyl sites for hydroxylation is 1. The first kappa shape index (κ1) is 12.8. The largest absolute Gasteiger partial charge is 0.506 e. The molecule has 1 aliphatic carbocycles. The van der Waals surface area contributed by atoms with Gasteiger partial charge in [0.05, 0.1) is 5.69 Å². The van der Waals surface area contributed by atoms with Crippen LogP contribution in [0.4, 0.5) is 9.93 Å². The average molecular weight is 270 g/mol. The maximum atomic E-state index is 11.3. The molecule has 2 N–H and O–H groups in total. The number of carbonyl (C=O) groups excluding carboxylic acids is 1. The van der Waals surface area contributed by atoms with E-state index in [1.807, 2.05) is 0 Å². The Morgan fingerprint density at radius 2 is 2.39 bits per heavy atom. The lowest BCUT2D eigenvalue weighted by molar-refractivity contribution is -0.115. The second kappa shape index (κ2) is 5.34. The third-order valence-corrected chi connectivity index (χ3v) is 3.76. The number of aromatic nitrogens is 1. The van der Waals surface area contributed by atoms with Gasteiger partial charge in [0.1, 0.15) is 6.10 Å². The van der Waals surface area contributed by atoms with Crippen LogP contribution in [-0.2, 0) is 22.4 Å². The summed E-state index contributed by atoms with van der Waals surface area (Å²) in [7, 11) is 0. The first-order chi connectivity index (χ1) is 8.58. The Balaban J connectivity index is 2.04. The van der Waals surface area contributed by atoms with E-state index in [1.165, 1.54) is 11.3 Å². The van der Waals surface area contributed by atoms with Crippen molar-refractivity contribution in [1.29, 1.82) is 0 Å². The summed E-state index contributed by atoms with van der Waals surface area (Å²) >= 11 is 1.39. The van der Waals surface area contributed by atoms with Crippen molar-refractivity contribution in [1.82, 2.24) is 4.98 Å². The molecule has 1 heterocycles. The van der Waals surface area contributed by atoms with E-state index >= 15 is 0 Å². The van der Waals surface area contributed by atoms with Crippen LogP contribution in [0, 0.1) is 0 Å². The summed E-state index contributed by atoms with van der Waals surface area (Å²) in [4.78, 5) is 27.1. The third kappa shape index (κ3) is 2.98. The summed E-state index contributed by atoms with van der Waals surface area (Å²) < 4.78 is 4.77. The highest BCUT2D eigenvalue weighted by molar-refractivity contribution is 7.15. The molecule has 0 radical (unpaired) electrons. The van der Waals surface area contributed by atoms with Crippen LogP contribution in [0.1, 0.15) is 30.3 Å². The van der Waals surface area contributed by atoms with Gasteiger partial charge in [0.25, 0.3) is 0 Å². The molecule has 6 nitrogen and oxygen atoms in total. The van der Waals surface area contributed by atoms with Gasteiger partial charge in [-0.2, -0.15) is 0 Å². The number of nitrogens with zero attached hydrogens (tertiary/aromatic N) is 1. The smallest absolute Gasteiger partial charge is 0.450 e. The van der Waals surface area contributed by atoms with Gasteiger partial charge in [-0.15, -0.1) is 11.3 Å². The number of hydrogen-bond acceptors (Lipinski definition) is 5. The van der Waals surface area contributed by atoms with Crippen LogP contribution >= 0.6 is 11.3 Å². The molecule has 0 spiro atoms. The molecule has 2 rings (SSSR count). The molecular weight excluding hydrogens is 256 g/mol. The summed E-state index contributed by atoms with van der Waals surface area (Å²) in [5.74, 6) is -0.0700. The lowest BCUT2D eigenvalue weighted by Crippen LogP contribution is -2.24. The molecule has 1 aromatic rings. The van der Waals surface area contributed by atoms with Gasteiger partial charge in [0, 0.05) is 17.7 Å². The molecule has 0 fully saturated rings. The van der Waals surface area contributed by atoms with Gasteiger partial charge < -0.3 is 15.2 Å². The number of nitrogens with one attached hydrogen (secondary N) is 1. The number of amides is 1. The number of fused-ring (bicyclic) bond motifs is 1. The molecule has 1 amide bonds. The van der Waals surface area contributed by atoms with Crippen molar-refractivity contribution in [3.8, 4) is 0 Å². The van der Waals surface area contributed by atoms with Gasteiger partial charge >= 0.3 is 6.16 Å². The Morgan fingerprint density at radius 3 is 3.06 bits per heavy atom. The van der Waals surface area contributed by atoms with E-state index in [0.717, 1.165) is 10.6 Å². The van der Waals surface area contributed by atoms with E-state index in [2.05, 4.69) is 10.3 Å². The van der Waals surface area contributed by atoms with E-state index in [9.17, 15) is 9.59 Å². The normalized spacial score (nSPS) is 17.9. The Hall–Kier alpha value is -1.63. The fourth-order valence-corrected chi connectivity index (χ4v) is 2.94. The zero-order valence-electron chi connectivity index (χ0n) is 9.93. The van der Waals surface area contributed by atoms with Crippen LogP contribution < -0.4 is 5.32 Å². The number of thiazole rings is 1. The highest BCUT2D eigenvalue weighted by atomic mass is 32.1. The molecule has 0 saturated carbocycles. The molecule has 1 atom stereocenters. The first-order valence-corrected chi connectivity index (χ1v) is 6.58. The van der Waals surface area contributed by atoms with Crippen molar-refractivity contribution >= 4 is 28.5 Å². The van der Waals surface area contributed by atoms with Crippen LogP contribution in [0.5, 0.6) is 0 Å². The number of anilines is 1. The molecule has 0 saturated heterocycles. The van der Waals surface area contributed by atoms with Crippen molar-refractivity contribution in [3.05, 3.63) is 10.6 Å². The van der Waals surface area contributed by atoms with Gasteiger partial charge in [0.2, 0.25) is 5.91 Å². The van der Waals surface area contributed by atoms with Crippen molar-refractivity contribution in [2.24, 2.45) is 0 Å². The number of carbonyl (C=O) groups is 2. The fourth-order valence-electron chi connectivity index (χ4n) is 1.85. The predicted molar refractivity (Wildman–Crippen MR) is 66.0 cm³/mol. The Morgan fingerprint density at radius 1 is 1.61 bits per heavy atom. The summed E-state index contributed by atoms with van der Waals surface area (Å²) in [5.41, 5.74) is 0.941. The summed E-state index contributed by atoms with van der Waals surface area (Å²) in [6.45, 7) is 1.78. The SMILES string of the molecule is CCC(=O)Nc1nc2c(s1)C[C@@H](OC(=O)O)CC2. The van der Waals surface area contributed by atoms with Crippen LogP contribution in [-0.4, -0.2) is 28.3 Å². The zero-order valence-corrected chi connectivity index (χ0v) is 10.7. The zero-order chi connectivity index (χ0) is 13.1. The minimum absolute atomic E-state index is 0.0700. The lowest BCUT2D eigenvalue weighted by Gasteiger charge is -2.19. The second-order valence-corrected chi connectivity index (χ2v) is 5.12. The Kier molecular flexibility index (Phi) is 3.81. The van der Waals surface area contributed by atoms with Gasteiger partial charge in [-0.05, 0) is 12.8 Å². The molecule has 18 heavy (non-hydrogen) atoms. The van der Waals surface area contributed by atoms with Crippen molar-refractivity contribution in [2.75, 3.05) is 5.32 Å². The van der Waals surface area contributed by atoms with Gasteiger partial charge in [0.15, 0.2) is 5.13 Å². The number of ether oxygens (including phenoxy) is 1. The molecule has 98 valence electrons.